The molecular weight excluding hydrogens is 242 g/mol. The molecule has 0 fully saturated rings. The zero-order valence-corrected chi connectivity index (χ0v) is 11.0. The number of thiophene rings is 1. The molecule has 0 unspecified atom stereocenters. The first-order valence-corrected chi connectivity index (χ1v) is 7.17. The van der Waals surface area contributed by atoms with Crippen molar-refractivity contribution in [2.45, 2.75) is 12.8 Å². The van der Waals surface area contributed by atoms with Gasteiger partial charge in [0, 0.05) is 23.2 Å². The summed E-state index contributed by atoms with van der Waals surface area (Å²) < 4.78 is 0. The molecule has 0 saturated carbocycles. The summed E-state index contributed by atoms with van der Waals surface area (Å²) in [5.74, 6) is 0.216. The highest BCUT2D eigenvalue weighted by molar-refractivity contribution is 7.08. The number of hydrogen-bond donors (Lipinski definition) is 0. The topological polar surface area (TPSA) is 20.3 Å². The second kappa shape index (κ2) is 4.94. The molecule has 0 radical (unpaired) electrons. The Balaban J connectivity index is 1.80. The van der Waals surface area contributed by atoms with E-state index in [1.54, 1.807) is 11.3 Å². The molecule has 18 heavy (non-hydrogen) atoms. The molecule has 3 rings (SSSR count). The van der Waals surface area contributed by atoms with Crippen molar-refractivity contribution in [1.29, 1.82) is 0 Å². The van der Waals surface area contributed by atoms with Gasteiger partial charge in [0.15, 0.2) is 5.78 Å². The van der Waals surface area contributed by atoms with Gasteiger partial charge in [-0.05, 0) is 35.9 Å². The third-order valence-corrected chi connectivity index (χ3v) is 4.07. The van der Waals surface area contributed by atoms with Gasteiger partial charge in [-0.3, -0.25) is 4.79 Å². The van der Waals surface area contributed by atoms with Gasteiger partial charge in [0.1, 0.15) is 0 Å². The molecule has 1 aromatic heterocycles. The average molecular weight is 257 g/mol. The summed E-state index contributed by atoms with van der Waals surface area (Å²) in [5.41, 5.74) is 3.43. The zero-order valence-electron chi connectivity index (χ0n) is 10.1. The van der Waals surface area contributed by atoms with Gasteiger partial charge in [-0.15, -0.1) is 0 Å². The van der Waals surface area contributed by atoms with Crippen LogP contribution < -0.4 is 4.90 Å². The van der Waals surface area contributed by atoms with Crippen molar-refractivity contribution in [2.24, 2.45) is 0 Å². The fraction of sp³-hybridized carbons (Fsp3) is 0.267. The highest BCUT2D eigenvalue weighted by Crippen LogP contribution is 2.26. The molecule has 0 saturated heterocycles. The van der Waals surface area contributed by atoms with E-state index in [-0.39, 0.29) is 5.78 Å². The summed E-state index contributed by atoms with van der Waals surface area (Å²) in [6.45, 7) is 1.47. The Bertz CT molecular complexity index is 547. The third kappa shape index (κ3) is 2.18. The van der Waals surface area contributed by atoms with E-state index >= 15 is 0 Å². The van der Waals surface area contributed by atoms with E-state index in [9.17, 15) is 4.79 Å². The van der Waals surface area contributed by atoms with E-state index in [1.165, 1.54) is 11.3 Å². The summed E-state index contributed by atoms with van der Waals surface area (Å²) in [6.07, 6.45) is 2.26. The normalized spacial score (nSPS) is 14.3. The molecule has 0 spiro atoms. The number of benzene rings is 1. The number of para-hydroxylation sites is 1. The number of Topliss-reactive ketones (excluding diaryl/α,β-unsaturated/α-hetero) is 1. The lowest BCUT2D eigenvalue weighted by molar-refractivity contribution is 0.0999. The number of rotatable bonds is 3. The molecule has 1 aliphatic heterocycles. The Morgan fingerprint density at radius 2 is 2.17 bits per heavy atom. The van der Waals surface area contributed by atoms with Gasteiger partial charge in [-0.2, -0.15) is 11.3 Å². The summed E-state index contributed by atoms with van der Waals surface area (Å²) in [4.78, 5) is 14.4. The molecule has 1 aliphatic rings. The van der Waals surface area contributed by atoms with Crippen molar-refractivity contribution in [3.05, 3.63) is 52.2 Å². The zero-order chi connectivity index (χ0) is 12.4. The number of fused-ring (bicyclic) bond motifs is 1. The van der Waals surface area contributed by atoms with Crippen LogP contribution in [0.15, 0.2) is 41.1 Å². The van der Waals surface area contributed by atoms with Crippen molar-refractivity contribution in [3.63, 3.8) is 0 Å². The molecule has 0 bridgehead atoms. The van der Waals surface area contributed by atoms with Crippen LogP contribution in [-0.2, 0) is 6.42 Å². The van der Waals surface area contributed by atoms with E-state index in [1.807, 2.05) is 22.9 Å². The van der Waals surface area contributed by atoms with Crippen LogP contribution in [0.3, 0.4) is 0 Å². The lowest BCUT2D eigenvalue weighted by Crippen LogP contribution is -2.34. The number of nitrogens with zero attached hydrogens (tertiary/aromatic N) is 1. The molecule has 2 nitrogen and oxygen atoms in total. The summed E-state index contributed by atoms with van der Waals surface area (Å²) >= 11 is 1.58. The molecule has 92 valence electrons. The highest BCUT2D eigenvalue weighted by atomic mass is 32.1. The van der Waals surface area contributed by atoms with Crippen molar-refractivity contribution < 1.29 is 4.79 Å². The Labute approximate surface area is 111 Å². The Morgan fingerprint density at radius 3 is 3.00 bits per heavy atom. The molecule has 0 N–H and O–H groups in total. The molecular formula is C15H15NOS. The number of aryl methyl sites for hydroxylation is 1. The Kier molecular flexibility index (Phi) is 3.15. The number of carbonyl (C=O) groups excluding carboxylic acids is 1. The highest BCUT2D eigenvalue weighted by Gasteiger charge is 2.19. The van der Waals surface area contributed by atoms with Crippen molar-refractivity contribution in [2.75, 3.05) is 18.0 Å². The van der Waals surface area contributed by atoms with Crippen LogP contribution in [-0.4, -0.2) is 18.9 Å². The first kappa shape index (κ1) is 11.5. The molecule has 1 aromatic carbocycles. The summed E-state index contributed by atoms with van der Waals surface area (Å²) in [5, 5.41) is 3.88. The monoisotopic (exact) mass is 257 g/mol. The Hall–Kier alpha value is -1.61. The minimum atomic E-state index is 0.216. The van der Waals surface area contributed by atoms with Gasteiger partial charge in [-0.1, -0.05) is 18.2 Å². The lowest BCUT2D eigenvalue weighted by Gasteiger charge is -2.30. The van der Waals surface area contributed by atoms with Crippen LogP contribution in [0.1, 0.15) is 22.3 Å². The predicted octanol–water partition coefficient (Wildman–Crippen LogP) is 3.38. The van der Waals surface area contributed by atoms with Crippen molar-refractivity contribution in [3.8, 4) is 0 Å². The van der Waals surface area contributed by atoms with Crippen LogP contribution in [0, 0.1) is 0 Å². The standard InChI is InChI=1S/C15H15NOS/c17-15(13-7-9-18-11-13)10-16-8-3-5-12-4-1-2-6-14(12)16/h1-2,4,6-7,9,11H,3,5,8,10H2. The lowest BCUT2D eigenvalue weighted by atomic mass is 10.0. The van der Waals surface area contributed by atoms with Crippen LogP contribution in [0.25, 0.3) is 0 Å². The van der Waals surface area contributed by atoms with Crippen LogP contribution >= 0.6 is 11.3 Å². The van der Waals surface area contributed by atoms with Crippen molar-refractivity contribution >= 4 is 22.8 Å². The van der Waals surface area contributed by atoms with Gasteiger partial charge in [0.25, 0.3) is 0 Å². The van der Waals surface area contributed by atoms with Gasteiger partial charge in [0.2, 0.25) is 0 Å². The maximum absolute atomic E-state index is 12.1. The second-order valence-corrected chi connectivity index (χ2v) is 5.37. The molecule has 3 heteroatoms. The van der Waals surface area contributed by atoms with E-state index < -0.39 is 0 Å². The Morgan fingerprint density at radius 1 is 1.28 bits per heavy atom. The average Bonchev–Trinajstić information content (AvgIpc) is 2.93. The fourth-order valence-electron chi connectivity index (χ4n) is 2.46. The van der Waals surface area contributed by atoms with Gasteiger partial charge >= 0.3 is 0 Å². The van der Waals surface area contributed by atoms with Crippen LogP contribution in [0.5, 0.6) is 0 Å². The second-order valence-electron chi connectivity index (χ2n) is 4.59. The maximum atomic E-state index is 12.1. The van der Waals surface area contributed by atoms with Crippen molar-refractivity contribution in [1.82, 2.24) is 0 Å². The number of hydrogen-bond acceptors (Lipinski definition) is 3. The summed E-state index contributed by atoms with van der Waals surface area (Å²) in [6, 6.07) is 10.3. The van der Waals surface area contributed by atoms with E-state index in [0.717, 1.165) is 24.9 Å². The first-order valence-electron chi connectivity index (χ1n) is 6.23. The molecule has 2 aromatic rings. The van der Waals surface area contributed by atoms with Gasteiger partial charge < -0.3 is 4.90 Å². The van der Waals surface area contributed by atoms with Gasteiger partial charge in [0.05, 0.1) is 6.54 Å². The molecule has 0 aliphatic carbocycles. The number of ketones is 1. The SMILES string of the molecule is O=C(CN1CCCc2ccccc21)c1ccsc1. The van der Waals surface area contributed by atoms with Crippen LogP contribution in [0.4, 0.5) is 5.69 Å². The van der Waals surface area contributed by atoms with E-state index in [4.69, 9.17) is 0 Å². The maximum Gasteiger partial charge on any atom is 0.182 e. The fourth-order valence-corrected chi connectivity index (χ4v) is 3.12. The van der Waals surface area contributed by atoms with Gasteiger partial charge in [-0.25, -0.2) is 0 Å². The molecule has 0 atom stereocenters. The number of carbonyl (C=O) groups is 1. The summed E-state index contributed by atoms with van der Waals surface area (Å²) in [7, 11) is 0. The van der Waals surface area contributed by atoms with Crippen LogP contribution in [0.2, 0.25) is 0 Å². The van der Waals surface area contributed by atoms with E-state index in [2.05, 4.69) is 23.1 Å². The van der Waals surface area contributed by atoms with E-state index in [0.29, 0.717) is 6.54 Å². The molecule has 0 amide bonds. The quantitative estimate of drug-likeness (QED) is 0.786. The number of anilines is 1. The largest absolute Gasteiger partial charge is 0.364 e. The smallest absolute Gasteiger partial charge is 0.182 e. The predicted molar refractivity (Wildman–Crippen MR) is 75.6 cm³/mol. The first-order chi connectivity index (χ1) is 8.84. The minimum absolute atomic E-state index is 0.216. The minimum Gasteiger partial charge on any atom is -0.364 e. The third-order valence-electron chi connectivity index (χ3n) is 3.38. The molecule has 2 heterocycles.